The van der Waals surface area contributed by atoms with Gasteiger partial charge in [-0.05, 0) is 104 Å². The van der Waals surface area contributed by atoms with Crippen LogP contribution in [0.25, 0.3) is 11.1 Å². The van der Waals surface area contributed by atoms with Gasteiger partial charge in [-0.25, -0.2) is 0 Å². The number of carboxylic acid groups (broad SMARTS) is 1. The molecule has 3 aromatic rings. The number of aryl methyl sites for hydroxylation is 2. The summed E-state index contributed by atoms with van der Waals surface area (Å²) in [4.78, 5) is 11.2. The normalized spacial score (nSPS) is 17.9. The third kappa shape index (κ3) is 6.36. The van der Waals surface area contributed by atoms with E-state index in [1.807, 2.05) is 26.0 Å². The molecule has 42 heavy (non-hydrogen) atoms. The molecule has 0 saturated carbocycles. The molecule has 0 spiro atoms. The lowest BCUT2D eigenvalue weighted by atomic mass is 9.88. The van der Waals surface area contributed by atoms with Crippen molar-refractivity contribution in [3.05, 3.63) is 75.8 Å². The minimum Gasteiger partial charge on any atom is -0.493 e. The van der Waals surface area contributed by atoms with Gasteiger partial charge >= 0.3 is 12.1 Å². The highest BCUT2D eigenvalue weighted by molar-refractivity contribution is 5.77. The average Bonchev–Trinajstić information content (AvgIpc) is 3.46. The zero-order valence-electron chi connectivity index (χ0n) is 24.1. The van der Waals surface area contributed by atoms with Crippen LogP contribution in [0.3, 0.4) is 0 Å². The Bertz CT molecular complexity index is 1480. The van der Waals surface area contributed by atoms with Gasteiger partial charge in [0.15, 0.2) is 0 Å². The van der Waals surface area contributed by atoms with Gasteiger partial charge in [-0.1, -0.05) is 6.07 Å². The Morgan fingerprint density at radius 3 is 2.38 bits per heavy atom. The van der Waals surface area contributed by atoms with Gasteiger partial charge in [0.1, 0.15) is 23.4 Å². The molecule has 9 heteroatoms. The molecule has 0 bridgehead atoms. The van der Waals surface area contributed by atoms with E-state index in [0.717, 1.165) is 27.8 Å². The van der Waals surface area contributed by atoms with Gasteiger partial charge in [-0.2, -0.15) is 13.2 Å². The van der Waals surface area contributed by atoms with Crippen molar-refractivity contribution in [3.63, 3.8) is 0 Å². The fourth-order valence-electron chi connectivity index (χ4n) is 5.93. The number of benzene rings is 3. The summed E-state index contributed by atoms with van der Waals surface area (Å²) in [6.45, 7) is 7.71. The number of aliphatic carboxylic acids is 1. The molecule has 0 amide bonds. The molecule has 2 atom stereocenters. The number of carboxylic acids is 1. The number of ether oxygens (including phenoxy) is 3. The molecule has 1 aliphatic heterocycles. The van der Waals surface area contributed by atoms with Crippen molar-refractivity contribution in [3.8, 4) is 28.4 Å². The molecule has 0 fully saturated rings. The van der Waals surface area contributed by atoms with Crippen molar-refractivity contribution in [2.75, 3.05) is 13.2 Å². The van der Waals surface area contributed by atoms with Gasteiger partial charge in [0, 0.05) is 24.0 Å². The van der Waals surface area contributed by atoms with Crippen molar-refractivity contribution in [2.24, 2.45) is 0 Å². The Kier molecular flexibility index (Phi) is 7.91. The second-order valence-corrected chi connectivity index (χ2v) is 11.9. The van der Waals surface area contributed by atoms with Crippen LogP contribution in [-0.4, -0.2) is 35.0 Å². The van der Waals surface area contributed by atoms with Crippen LogP contribution in [-0.2, 0) is 17.4 Å². The summed E-state index contributed by atoms with van der Waals surface area (Å²) >= 11 is 0. The molecule has 5 rings (SSSR count). The van der Waals surface area contributed by atoms with E-state index in [-0.39, 0.29) is 18.9 Å². The molecular formula is C33H35F3O6. The molecule has 1 heterocycles. The van der Waals surface area contributed by atoms with Gasteiger partial charge in [0.25, 0.3) is 0 Å². The van der Waals surface area contributed by atoms with Crippen molar-refractivity contribution in [1.29, 1.82) is 0 Å². The summed E-state index contributed by atoms with van der Waals surface area (Å²) in [5.41, 5.74) is 3.40. The fourth-order valence-corrected chi connectivity index (χ4v) is 5.93. The lowest BCUT2D eigenvalue weighted by Crippen LogP contribution is -2.21. The molecule has 0 saturated heterocycles. The summed E-state index contributed by atoms with van der Waals surface area (Å²) in [7, 11) is 0. The summed E-state index contributed by atoms with van der Waals surface area (Å²) in [5, 5.41) is 19.1. The van der Waals surface area contributed by atoms with E-state index in [1.165, 1.54) is 12.1 Å². The highest BCUT2D eigenvalue weighted by Crippen LogP contribution is 2.47. The lowest BCUT2D eigenvalue weighted by molar-refractivity contribution is -0.138. The van der Waals surface area contributed by atoms with Crippen molar-refractivity contribution in [2.45, 2.75) is 77.2 Å². The monoisotopic (exact) mass is 584 g/mol. The van der Waals surface area contributed by atoms with Gasteiger partial charge in [0.2, 0.25) is 0 Å². The Balaban J connectivity index is 1.46. The minimum atomic E-state index is -4.54. The number of hydrogen-bond donors (Lipinski definition) is 2. The molecule has 1 aliphatic carbocycles. The largest absolute Gasteiger partial charge is 0.493 e. The summed E-state index contributed by atoms with van der Waals surface area (Å²) in [6, 6.07) is 11.3. The van der Waals surface area contributed by atoms with Gasteiger partial charge in [-0.3, -0.25) is 4.79 Å². The van der Waals surface area contributed by atoms with Crippen molar-refractivity contribution in [1.82, 2.24) is 0 Å². The number of rotatable bonds is 9. The molecule has 224 valence electrons. The van der Waals surface area contributed by atoms with Crippen LogP contribution < -0.4 is 14.2 Å². The molecule has 3 aromatic carbocycles. The standard InChI is InChI=1S/C33H35F3O6/c1-18-11-23(40-10-9-32(3,4)39)12-19(2)31(18)27-15-21(33(34,35)36)14-26-25(27)7-8-28(26)42-22-5-6-24-20(13-30(37)38)17-41-29(24)16-22/h5-6,11-12,14-16,20,28,39H,7-10,13,17H2,1-4H3,(H,37,38)/t20-,28?/m1/s1. The number of fused-ring (bicyclic) bond motifs is 2. The maximum Gasteiger partial charge on any atom is 0.416 e. The average molecular weight is 585 g/mol. The molecule has 1 unspecified atom stereocenters. The zero-order chi connectivity index (χ0) is 30.4. The van der Waals surface area contributed by atoms with E-state index in [4.69, 9.17) is 19.3 Å². The Hall–Kier alpha value is -3.72. The van der Waals surface area contributed by atoms with Gasteiger partial charge in [0.05, 0.1) is 30.8 Å². The topological polar surface area (TPSA) is 85.2 Å². The Labute approximate surface area is 243 Å². The summed E-state index contributed by atoms with van der Waals surface area (Å²) in [5.74, 6) is 0.445. The highest BCUT2D eigenvalue weighted by atomic mass is 19.4. The van der Waals surface area contributed by atoms with Crippen LogP contribution in [0.4, 0.5) is 13.2 Å². The molecular weight excluding hydrogens is 549 g/mol. The fraction of sp³-hybridized carbons (Fsp3) is 0.424. The minimum absolute atomic E-state index is 0.0427. The van der Waals surface area contributed by atoms with Gasteiger partial charge < -0.3 is 24.4 Å². The first-order valence-electron chi connectivity index (χ1n) is 14.1. The second kappa shape index (κ2) is 11.2. The van der Waals surface area contributed by atoms with E-state index >= 15 is 0 Å². The van der Waals surface area contributed by atoms with Crippen molar-refractivity contribution >= 4 is 5.97 Å². The van der Waals surface area contributed by atoms with E-state index in [1.54, 1.807) is 32.0 Å². The first-order chi connectivity index (χ1) is 19.7. The SMILES string of the molecule is Cc1cc(OCCC(C)(C)O)cc(C)c1-c1cc(C(F)(F)F)cc2c1CCC2Oc1ccc2c(c1)OC[C@H]2CC(=O)O. The third-order valence-corrected chi connectivity index (χ3v) is 7.94. The Morgan fingerprint density at radius 1 is 1.02 bits per heavy atom. The third-order valence-electron chi connectivity index (χ3n) is 7.94. The number of alkyl halides is 3. The summed E-state index contributed by atoms with van der Waals surface area (Å²) < 4.78 is 60.2. The van der Waals surface area contributed by atoms with Crippen molar-refractivity contribution < 1.29 is 42.4 Å². The first-order valence-corrected chi connectivity index (χ1v) is 14.1. The molecule has 2 aliphatic rings. The zero-order valence-corrected chi connectivity index (χ0v) is 24.1. The predicted octanol–water partition coefficient (Wildman–Crippen LogP) is 7.55. The number of aliphatic hydroxyl groups is 1. The van der Waals surface area contributed by atoms with Crippen LogP contribution >= 0.6 is 0 Å². The quantitative estimate of drug-likeness (QED) is 0.270. The number of halogens is 3. The molecule has 6 nitrogen and oxygen atoms in total. The second-order valence-electron chi connectivity index (χ2n) is 11.9. The smallest absolute Gasteiger partial charge is 0.416 e. The first kappa shape index (κ1) is 29.8. The summed E-state index contributed by atoms with van der Waals surface area (Å²) in [6.07, 6.45) is -3.66. The molecule has 0 aromatic heterocycles. The number of carbonyl (C=O) groups is 1. The van der Waals surface area contributed by atoms with Crippen LogP contribution in [0.1, 0.15) is 78.5 Å². The van der Waals surface area contributed by atoms with E-state index in [0.29, 0.717) is 54.2 Å². The van der Waals surface area contributed by atoms with Crippen LogP contribution in [0.5, 0.6) is 17.2 Å². The lowest BCUT2D eigenvalue weighted by Gasteiger charge is -2.21. The number of hydrogen-bond acceptors (Lipinski definition) is 5. The highest BCUT2D eigenvalue weighted by Gasteiger charge is 2.36. The van der Waals surface area contributed by atoms with E-state index in [2.05, 4.69) is 0 Å². The Morgan fingerprint density at radius 2 is 1.74 bits per heavy atom. The predicted molar refractivity (Wildman–Crippen MR) is 151 cm³/mol. The maximum absolute atomic E-state index is 14.1. The van der Waals surface area contributed by atoms with Crippen LogP contribution in [0, 0.1) is 13.8 Å². The molecule has 2 N–H and O–H groups in total. The molecule has 0 radical (unpaired) electrons. The van der Waals surface area contributed by atoms with Gasteiger partial charge in [-0.15, -0.1) is 0 Å². The maximum atomic E-state index is 14.1. The van der Waals surface area contributed by atoms with Crippen LogP contribution in [0.15, 0.2) is 42.5 Å². The van der Waals surface area contributed by atoms with E-state index < -0.39 is 29.4 Å². The van der Waals surface area contributed by atoms with E-state index in [9.17, 15) is 23.1 Å². The van der Waals surface area contributed by atoms with Crippen LogP contribution in [0.2, 0.25) is 0 Å².